The minimum Gasteiger partial charge on any atom is -0.487 e. The van der Waals surface area contributed by atoms with Gasteiger partial charge >= 0.3 is 0 Å². The van der Waals surface area contributed by atoms with Gasteiger partial charge in [0.25, 0.3) is 0 Å². The first-order valence-electron chi connectivity index (χ1n) is 7.54. The van der Waals surface area contributed by atoms with Crippen molar-refractivity contribution in [3.8, 4) is 5.75 Å². The van der Waals surface area contributed by atoms with Gasteiger partial charge in [-0.05, 0) is 33.9 Å². The number of benzene rings is 1. The van der Waals surface area contributed by atoms with Crippen molar-refractivity contribution < 1.29 is 9.47 Å². The van der Waals surface area contributed by atoms with Gasteiger partial charge in [-0.25, -0.2) is 0 Å². The Morgan fingerprint density at radius 3 is 2.80 bits per heavy atom. The second-order valence-corrected chi connectivity index (χ2v) is 6.91. The summed E-state index contributed by atoms with van der Waals surface area (Å²) in [6.45, 7) is 7.24. The molecule has 2 unspecified atom stereocenters. The van der Waals surface area contributed by atoms with Crippen molar-refractivity contribution in [1.82, 2.24) is 5.32 Å². The van der Waals surface area contributed by atoms with Gasteiger partial charge in [0, 0.05) is 30.9 Å². The summed E-state index contributed by atoms with van der Waals surface area (Å²) in [6, 6.07) is 6.87. The molecule has 0 bridgehead atoms. The van der Waals surface area contributed by atoms with Crippen LogP contribution in [0.2, 0.25) is 0 Å². The zero-order chi connectivity index (χ0) is 14.4. The summed E-state index contributed by atoms with van der Waals surface area (Å²) < 4.78 is 12.3. The molecule has 0 aliphatic carbocycles. The Labute approximate surface area is 121 Å². The summed E-state index contributed by atoms with van der Waals surface area (Å²) in [5.41, 5.74) is 2.40. The smallest absolute Gasteiger partial charge is 0.124 e. The summed E-state index contributed by atoms with van der Waals surface area (Å²) in [4.78, 5) is 0. The lowest BCUT2D eigenvalue weighted by atomic mass is 9.76. The average Bonchev–Trinajstić information content (AvgIpc) is 2.37. The molecule has 3 nitrogen and oxygen atoms in total. The van der Waals surface area contributed by atoms with Gasteiger partial charge in [-0.1, -0.05) is 17.7 Å². The minimum atomic E-state index is -0.0985. The SMILES string of the molecule is CNC1CC2(CCOC(C)(C)C2)Oc2ccc(C)cc21. The van der Waals surface area contributed by atoms with Crippen LogP contribution < -0.4 is 10.1 Å². The molecule has 1 spiro atoms. The molecule has 20 heavy (non-hydrogen) atoms. The van der Waals surface area contributed by atoms with E-state index in [0.29, 0.717) is 6.04 Å². The van der Waals surface area contributed by atoms with E-state index in [1.807, 2.05) is 7.05 Å². The fraction of sp³-hybridized carbons (Fsp3) is 0.647. The normalized spacial score (nSPS) is 31.7. The summed E-state index contributed by atoms with van der Waals surface area (Å²) in [7, 11) is 2.04. The third kappa shape index (κ3) is 2.45. The number of rotatable bonds is 1. The number of aryl methyl sites for hydroxylation is 1. The van der Waals surface area contributed by atoms with Gasteiger partial charge in [0.05, 0.1) is 12.2 Å². The van der Waals surface area contributed by atoms with E-state index in [1.54, 1.807) is 0 Å². The fourth-order valence-electron chi connectivity index (χ4n) is 3.74. The Bertz CT molecular complexity index is 512. The first kappa shape index (κ1) is 13.9. The molecule has 1 aromatic rings. The van der Waals surface area contributed by atoms with E-state index < -0.39 is 0 Å². The molecule has 2 heterocycles. The topological polar surface area (TPSA) is 30.5 Å². The third-order valence-corrected chi connectivity index (χ3v) is 4.59. The molecule has 3 rings (SSSR count). The van der Waals surface area contributed by atoms with Crippen molar-refractivity contribution >= 4 is 0 Å². The van der Waals surface area contributed by atoms with Gasteiger partial charge in [-0.3, -0.25) is 0 Å². The van der Waals surface area contributed by atoms with Crippen molar-refractivity contribution in [1.29, 1.82) is 0 Å². The van der Waals surface area contributed by atoms with Crippen molar-refractivity contribution in [2.24, 2.45) is 0 Å². The van der Waals surface area contributed by atoms with Crippen LogP contribution in [0.15, 0.2) is 18.2 Å². The molecule has 2 aliphatic heterocycles. The summed E-state index contributed by atoms with van der Waals surface area (Å²) in [6.07, 6.45) is 2.94. The molecule has 110 valence electrons. The van der Waals surface area contributed by atoms with Gasteiger partial charge in [-0.15, -0.1) is 0 Å². The quantitative estimate of drug-likeness (QED) is 0.852. The largest absolute Gasteiger partial charge is 0.487 e. The minimum absolute atomic E-state index is 0.0856. The van der Waals surface area contributed by atoms with Crippen molar-refractivity contribution in [2.45, 2.75) is 57.3 Å². The maximum absolute atomic E-state index is 6.46. The average molecular weight is 275 g/mol. The molecule has 2 aliphatic rings. The van der Waals surface area contributed by atoms with Crippen molar-refractivity contribution in [3.63, 3.8) is 0 Å². The van der Waals surface area contributed by atoms with E-state index in [9.17, 15) is 0 Å². The van der Waals surface area contributed by atoms with E-state index in [4.69, 9.17) is 9.47 Å². The zero-order valence-corrected chi connectivity index (χ0v) is 13.0. The number of fused-ring (bicyclic) bond motifs is 1. The molecular formula is C17H25NO2. The molecule has 1 fully saturated rings. The first-order chi connectivity index (χ1) is 9.43. The Kier molecular flexibility index (Phi) is 3.30. The molecule has 1 saturated heterocycles. The zero-order valence-electron chi connectivity index (χ0n) is 13.0. The second kappa shape index (κ2) is 4.74. The lowest BCUT2D eigenvalue weighted by Gasteiger charge is -2.49. The first-order valence-corrected chi connectivity index (χ1v) is 7.54. The second-order valence-electron chi connectivity index (χ2n) is 6.91. The third-order valence-electron chi connectivity index (χ3n) is 4.59. The monoisotopic (exact) mass is 275 g/mol. The standard InChI is InChI=1S/C17H25NO2/c1-12-5-6-15-13(9-12)14(18-4)10-17(20-15)7-8-19-16(2,3)11-17/h5-6,9,14,18H,7-8,10-11H2,1-4H3. The molecule has 0 saturated carbocycles. The van der Waals surface area contributed by atoms with Crippen LogP contribution >= 0.6 is 0 Å². The van der Waals surface area contributed by atoms with E-state index in [2.05, 4.69) is 44.3 Å². The van der Waals surface area contributed by atoms with E-state index >= 15 is 0 Å². The number of nitrogens with one attached hydrogen (secondary N) is 1. The van der Waals surface area contributed by atoms with Crippen LogP contribution in [0.4, 0.5) is 0 Å². The molecule has 1 aromatic carbocycles. The van der Waals surface area contributed by atoms with Gasteiger partial charge in [-0.2, -0.15) is 0 Å². The van der Waals surface area contributed by atoms with Crippen molar-refractivity contribution in [2.75, 3.05) is 13.7 Å². The van der Waals surface area contributed by atoms with Gasteiger partial charge < -0.3 is 14.8 Å². The molecule has 0 aromatic heterocycles. The van der Waals surface area contributed by atoms with Crippen molar-refractivity contribution in [3.05, 3.63) is 29.3 Å². The van der Waals surface area contributed by atoms with E-state index in [1.165, 1.54) is 11.1 Å². The van der Waals surface area contributed by atoms with Gasteiger partial charge in [0.2, 0.25) is 0 Å². The van der Waals surface area contributed by atoms with Crippen LogP contribution in [0.5, 0.6) is 5.75 Å². The van der Waals surface area contributed by atoms with E-state index in [0.717, 1.165) is 31.6 Å². The fourth-order valence-corrected chi connectivity index (χ4v) is 3.74. The van der Waals surface area contributed by atoms with E-state index in [-0.39, 0.29) is 11.2 Å². The van der Waals surface area contributed by atoms with Crippen LogP contribution in [0, 0.1) is 6.92 Å². The van der Waals surface area contributed by atoms with Gasteiger partial charge in [0.15, 0.2) is 0 Å². The predicted octanol–water partition coefficient (Wildman–Crippen LogP) is 3.37. The molecule has 0 radical (unpaired) electrons. The highest BCUT2D eigenvalue weighted by Crippen LogP contribution is 2.47. The predicted molar refractivity (Wildman–Crippen MR) is 80.2 cm³/mol. The molecule has 1 N–H and O–H groups in total. The Morgan fingerprint density at radius 1 is 1.30 bits per heavy atom. The number of ether oxygens (including phenoxy) is 2. The summed E-state index contributed by atoms with van der Waals surface area (Å²) in [5, 5.41) is 3.47. The molecule has 0 amide bonds. The highest BCUT2D eigenvalue weighted by Gasteiger charge is 2.47. The van der Waals surface area contributed by atoms with Crippen LogP contribution in [-0.2, 0) is 4.74 Å². The van der Waals surface area contributed by atoms with Gasteiger partial charge in [0.1, 0.15) is 11.4 Å². The summed E-state index contributed by atoms with van der Waals surface area (Å²) in [5.74, 6) is 1.04. The Balaban J connectivity index is 1.96. The Morgan fingerprint density at radius 2 is 2.10 bits per heavy atom. The maximum Gasteiger partial charge on any atom is 0.124 e. The Hall–Kier alpha value is -1.06. The highest BCUT2D eigenvalue weighted by molar-refractivity contribution is 5.42. The lowest BCUT2D eigenvalue weighted by molar-refractivity contribution is -0.142. The summed E-state index contributed by atoms with van der Waals surface area (Å²) >= 11 is 0. The molecule has 3 heteroatoms. The van der Waals surface area contributed by atoms with Crippen LogP contribution in [0.1, 0.15) is 50.3 Å². The maximum atomic E-state index is 6.46. The molecule has 2 atom stereocenters. The number of hydrogen-bond acceptors (Lipinski definition) is 3. The van der Waals surface area contributed by atoms with Crippen LogP contribution in [0.3, 0.4) is 0 Å². The lowest BCUT2D eigenvalue weighted by Crippen LogP contribution is -2.52. The van der Waals surface area contributed by atoms with Crippen LogP contribution in [0.25, 0.3) is 0 Å². The molecular weight excluding hydrogens is 250 g/mol. The highest BCUT2D eigenvalue weighted by atomic mass is 16.5. The number of hydrogen-bond donors (Lipinski definition) is 1. The van der Waals surface area contributed by atoms with Crippen LogP contribution in [-0.4, -0.2) is 24.9 Å².